The summed E-state index contributed by atoms with van der Waals surface area (Å²) in [5.41, 5.74) is 10.8. The van der Waals surface area contributed by atoms with Gasteiger partial charge in [0.05, 0.1) is 5.69 Å². The van der Waals surface area contributed by atoms with Gasteiger partial charge in [0.2, 0.25) is 0 Å². The van der Waals surface area contributed by atoms with Gasteiger partial charge in [0.15, 0.2) is 0 Å². The third-order valence-electron chi connectivity index (χ3n) is 3.01. The highest BCUT2D eigenvalue weighted by atomic mass is 32.1. The lowest BCUT2D eigenvalue weighted by atomic mass is 10.1. The van der Waals surface area contributed by atoms with E-state index in [-0.39, 0.29) is 0 Å². The van der Waals surface area contributed by atoms with Crippen molar-refractivity contribution < 1.29 is 0 Å². The van der Waals surface area contributed by atoms with Crippen molar-refractivity contribution in [2.75, 3.05) is 0 Å². The minimum atomic E-state index is 0.396. The highest BCUT2D eigenvalue weighted by Crippen LogP contribution is 2.19. The minimum Gasteiger partial charge on any atom is -0.389 e. The van der Waals surface area contributed by atoms with Gasteiger partial charge in [0.1, 0.15) is 4.99 Å². The molecule has 0 fully saturated rings. The van der Waals surface area contributed by atoms with Crippen molar-refractivity contribution in [1.82, 2.24) is 4.98 Å². The SMILES string of the molecule is CCc1ccc(-c2ccc(C(N)=S)c(C)n2)cc1. The Morgan fingerprint density at radius 3 is 2.33 bits per heavy atom. The molecule has 2 aromatic rings. The van der Waals surface area contributed by atoms with Gasteiger partial charge in [-0.3, -0.25) is 4.98 Å². The standard InChI is InChI=1S/C15H16N2S/c1-3-11-4-6-12(7-5-11)14-9-8-13(15(16)18)10(2)17-14/h4-9H,3H2,1-2H3,(H2,16,18). The Morgan fingerprint density at radius 2 is 1.83 bits per heavy atom. The van der Waals surface area contributed by atoms with Crippen LogP contribution in [0, 0.1) is 6.92 Å². The van der Waals surface area contributed by atoms with Crippen LogP contribution >= 0.6 is 12.2 Å². The van der Waals surface area contributed by atoms with Crippen molar-refractivity contribution in [2.45, 2.75) is 20.3 Å². The van der Waals surface area contributed by atoms with Gasteiger partial charge in [-0.1, -0.05) is 43.4 Å². The van der Waals surface area contributed by atoms with Crippen molar-refractivity contribution >= 4 is 17.2 Å². The molecule has 3 heteroatoms. The Kier molecular flexibility index (Phi) is 3.72. The molecule has 0 unspecified atom stereocenters. The van der Waals surface area contributed by atoms with Crippen molar-refractivity contribution in [1.29, 1.82) is 0 Å². The summed E-state index contributed by atoms with van der Waals surface area (Å²) >= 11 is 4.98. The number of aryl methyl sites for hydroxylation is 2. The van der Waals surface area contributed by atoms with E-state index in [9.17, 15) is 0 Å². The maximum atomic E-state index is 5.63. The average molecular weight is 256 g/mol. The molecular formula is C15H16N2S. The number of hydrogen-bond donors (Lipinski definition) is 1. The van der Waals surface area contributed by atoms with Gasteiger partial charge >= 0.3 is 0 Å². The third-order valence-corrected chi connectivity index (χ3v) is 3.23. The van der Waals surface area contributed by atoms with E-state index in [1.165, 1.54) is 5.56 Å². The second-order valence-electron chi connectivity index (χ2n) is 4.24. The first-order chi connectivity index (χ1) is 8.61. The molecule has 2 rings (SSSR count). The molecule has 1 aromatic heterocycles. The lowest BCUT2D eigenvalue weighted by Crippen LogP contribution is -2.12. The Bertz CT molecular complexity index is 574. The first-order valence-corrected chi connectivity index (χ1v) is 6.39. The molecule has 0 saturated carbocycles. The van der Waals surface area contributed by atoms with Gasteiger partial charge in [-0.05, 0) is 31.0 Å². The summed E-state index contributed by atoms with van der Waals surface area (Å²) in [7, 11) is 0. The van der Waals surface area contributed by atoms with E-state index in [1.807, 2.05) is 19.1 Å². The molecule has 0 amide bonds. The fourth-order valence-electron chi connectivity index (χ4n) is 1.89. The number of pyridine rings is 1. The second kappa shape index (κ2) is 5.27. The van der Waals surface area contributed by atoms with Gasteiger partial charge in [-0.25, -0.2) is 0 Å². The third kappa shape index (κ3) is 2.57. The van der Waals surface area contributed by atoms with Crippen LogP contribution in [0.2, 0.25) is 0 Å². The Balaban J connectivity index is 2.39. The van der Waals surface area contributed by atoms with E-state index < -0.39 is 0 Å². The molecule has 0 aliphatic rings. The molecule has 0 radical (unpaired) electrons. The normalized spacial score (nSPS) is 10.3. The first kappa shape index (κ1) is 12.7. The van der Waals surface area contributed by atoms with E-state index in [2.05, 4.69) is 36.2 Å². The van der Waals surface area contributed by atoms with E-state index in [1.54, 1.807) is 0 Å². The molecule has 0 atom stereocenters. The summed E-state index contributed by atoms with van der Waals surface area (Å²) < 4.78 is 0. The molecule has 18 heavy (non-hydrogen) atoms. The van der Waals surface area contributed by atoms with Crippen molar-refractivity contribution in [3.8, 4) is 11.3 Å². The molecule has 2 nitrogen and oxygen atoms in total. The zero-order valence-electron chi connectivity index (χ0n) is 10.6. The van der Waals surface area contributed by atoms with E-state index in [0.717, 1.165) is 28.9 Å². The van der Waals surface area contributed by atoms with Crippen LogP contribution in [0.1, 0.15) is 23.7 Å². The zero-order valence-corrected chi connectivity index (χ0v) is 11.4. The fraction of sp³-hybridized carbons (Fsp3) is 0.200. The maximum Gasteiger partial charge on any atom is 0.105 e. The molecule has 0 spiro atoms. The predicted molar refractivity (Wildman–Crippen MR) is 79.7 cm³/mol. The van der Waals surface area contributed by atoms with Crippen molar-refractivity contribution in [3.63, 3.8) is 0 Å². The number of benzene rings is 1. The van der Waals surface area contributed by atoms with Crippen LogP contribution < -0.4 is 5.73 Å². The zero-order chi connectivity index (χ0) is 13.1. The number of hydrogen-bond acceptors (Lipinski definition) is 2. The monoisotopic (exact) mass is 256 g/mol. The molecule has 1 aromatic carbocycles. The quantitative estimate of drug-likeness (QED) is 0.857. The lowest BCUT2D eigenvalue weighted by Gasteiger charge is -2.07. The molecule has 0 saturated heterocycles. The topological polar surface area (TPSA) is 38.9 Å². The molecule has 0 bridgehead atoms. The van der Waals surface area contributed by atoms with Gasteiger partial charge < -0.3 is 5.73 Å². The largest absolute Gasteiger partial charge is 0.389 e. The van der Waals surface area contributed by atoms with Crippen LogP contribution in [0.15, 0.2) is 36.4 Å². The fourth-order valence-corrected chi connectivity index (χ4v) is 2.11. The number of nitrogens with zero attached hydrogens (tertiary/aromatic N) is 1. The molecular weight excluding hydrogens is 240 g/mol. The van der Waals surface area contributed by atoms with Gasteiger partial charge in [-0.15, -0.1) is 0 Å². The van der Waals surface area contributed by atoms with Crippen LogP contribution in [-0.4, -0.2) is 9.97 Å². The molecule has 2 N–H and O–H groups in total. The Morgan fingerprint density at radius 1 is 1.17 bits per heavy atom. The van der Waals surface area contributed by atoms with E-state index in [0.29, 0.717) is 4.99 Å². The van der Waals surface area contributed by atoms with Crippen LogP contribution in [0.3, 0.4) is 0 Å². The highest BCUT2D eigenvalue weighted by molar-refractivity contribution is 7.80. The summed E-state index contributed by atoms with van der Waals surface area (Å²) in [6, 6.07) is 12.4. The summed E-state index contributed by atoms with van der Waals surface area (Å²) in [4.78, 5) is 4.95. The number of aromatic nitrogens is 1. The molecule has 0 aliphatic carbocycles. The minimum absolute atomic E-state index is 0.396. The van der Waals surface area contributed by atoms with Crippen LogP contribution in [0.25, 0.3) is 11.3 Å². The number of nitrogens with two attached hydrogens (primary N) is 1. The van der Waals surface area contributed by atoms with Gasteiger partial charge in [0.25, 0.3) is 0 Å². The Labute approximate surface area is 113 Å². The van der Waals surface area contributed by atoms with Crippen LogP contribution in [0.5, 0.6) is 0 Å². The summed E-state index contributed by atoms with van der Waals surface area (Å²) in [6.07, 6.45) is 1.05. The van der Waals surface area contributed by atoms with Crippen LogP contribution in [0.4, 0.5) is 0 Å². The first-order valence-electron chi connectivity index (χ1n) is 5.98. The molecule has 1 heterocycles. The smallest absolute Gasteiger partial charge is 0.105 e. The maximum absolute atomic E-state index is 5.63. The van der Waals surface area contributed by atoms with E-state index in [4.69, 9.17) is 18.0 Å². The Hall–Kier alpha value is -1.74. The average Bonchev–Trinajstić information content (AvgIpc) is 2.38. The second-order valence-corrected chi connectivity index (χ2v) is 4.68. The summed E-state index contributed by atoms with van der Waals surface area (Å²) in [5.74, 6) is 0. The lowest BCUT2D eigenvalue weighted by molar-refractivity contribution is 1.14. The highest BCUT2D eigenvalue weighted by Gasteiger charge is 2.05. The predicted octanol–water partition coefficient (Wildman–Crippen LogP) is 3.25. The van der Waals surface area contributed by atoms with Gasteiger partial charge in [-0.2, -0.15) is 0 Å². The molecule has 92 valence electrons. The molecule has 0 aliphatic heterocycles. The van der Waals surface area contributed by atoms with Crippen molar-refractivity contribution in [2.24, 2.45) is 5.73 Å². The van der Waals surface area contributed by atoms with E-state index >= 15 is 0 Å². The van der Waals surface area contributed by atoms with Crippen LogP contribution in [-0.2, 0) is 6.42 Å². The number of rotatable bonds is 3. The van der Waals surface area contributed by atoms with Crippen molar-refractivity contribution in [3.05, 3.63) is 53.2 Å². The van der Waals surface area contributed by atoms with Gasteiger partial charge in [0, 0.05) is 16.8 Å². The summed E-state index contributed by atoms with van der Waals surface area (Å²) in [6.45, 7) is 4.08. The number of thiocarbonyl (C=S) groups is 1. The summed E-state index contributed by atoms with van der Waals surface area (Å²) in [5, 5.41) is 0.